The van der Waals surface area contributed by atoms with E-state index in [1.165, 1.54) is 18.4 Å². The molecule has 1 N–H and O–H groups in total. The Labute approximate surface area is 195 Å². The first-order chi connectivity index (χ1) is 15.8. The van der Waals surface area contributed by atoms with Crippen LogP contribution < -0.4 is 5.32 Å². The molecule has 178 valence electrons. The molecule has 0 aromatic heterocycles. The molecule has 0 saturated carbocycles. The summed E-state index contributed by atoms with van der Waals surface area (Å²) in [6.45, 7) is 6.33. The zero-order valence-corrected chi connectivity index (χ0v) is 19.9. The Morgan fingerprint density at radius 2 is 1.45 bits per heavy atom. The largest absolute Gasteiger partial charge is 0.385 e. The van der Waals surface area contributed by atoms with Crippen LogP contribution in [0.2, 0.25) is 0 Å². The fourth-order valence-corrected chi connectivity index (χ4v) is 3.37. The minimum absolute atomic E-state index is 0.257. The van der Waals surface area contributed by atoms with E-state index in [9.17, 15) is 13.2 Å². The first-order valence-corrected chi connectivity index (χ1v) is 12.7. The van der Waals surface area contributed by atoms with Crippen molar-refractivity contribution in [2.75, 3.05) is 24.7 Å². The smallest absolute Gasteiger partial charge is 0.368 e. The lowest BCUT2D eigenvalue weighted by Crippen LogP contribution is -2.06. The average molecular weight is 474 g/mol. The molecular formula is C24H31N3O5S. The van der Waals surface area contributed by atoms with Crippen LogP contribution in [-0.4, -0.2) is 33.8 Å². The molecule has 0 aliphatic rings. The van der Waals surface area contributed by atoms with Crippen molar-refractivity contribution in [2.24, 2.45) is 10.2 Å². The van der Waals surface area contributed by atoms with E-state index < -0.39 is 15.8 Å². The minimum atomic E-state index is -3.22. The number of azo groups is 1. The van der Waals surface area contributed by atoms with Crippen molar-refractivity contribution in [2.45, 2.75) is 43.9 Å². The summed E-state index contributed by atoms with van der Waals surface area (Å²) in [4.78, 5) is 20.8. The number of sulfone groups is 1. The van der Waals surface area contributed by atoms with E-state index in [1.54, 1.807) is 19.1 Å². The molecule has 0 spiro atoms. The molecule has 8 nitrogen and oxygen atoms in total. The molecule has 2 aromatic carbocycles. The summed E-state index contributed by atoms with van der Waals surface area (Å²) in [5, 5.41) is 11.7. The number of unbranched alkanes of at least 4 members (excludes halogenated alkanes) is 4. The molecule has 0 aliphatic carbocycles. The molecule has 0 unspecified atom stereocenters. The number of nitrogens with zero attached hydrogens (tertiary/aromatic N) is 2. The van der Waals surface area contributed by atoms with Gasteiger partial charge in [0.25, 0.3) is 0 Å². The van der Waals surface area contributed by atoms with Gasteiger partial charge in [-0.25, -0.2) is 13.2 Å². The predicted molar refractivity (Wildman–Crippen MR) is 129 cm³/mol. The molecule has 0 fully saturated rings. The highest BCUT2D eigenvalue weighted by atomic mass is 32.2. The minimum Gasteiger partial charge on any atom is -0.385 e. The van der Waals surface area contributed by atoms with Crippen LogP contribution in [0.5, 0.6) is 0 Å². The van der Waals surface area contributed by atoms with Gasteiger partial charge in [0.1, 0.15) is 0 Å². The van der Waals surface area contributed by atoms with Crippen molar-refractivity contribution < 1.29 is 23.0 Å². The van der Waals surface area contributed by atoms with Gasteiger partial charge < -0.3 is 5.32 Å². The second kappa shape index (κ2) is 13.5. The molecule has 0 saturated heterocycles. The van der Waals surface area contributed by atoms with Gasteiger partial charge in [-0.2, -0.15) is 15.1 Å². The Hall–Kier alpha value is -3.04. The molecule has 0 atom stereocenters. The van der Waals surface area contributed by atoms with E-state index >= 15 is 0 Å². The van der Waals surface area contributed by atoms with Crippen molar-refractivity contribution in [1.29, 1.82) is 0 Å². The quantitative estimate of drug-likeness (QED) is 0.120. The van der Waals surface area contributed by atoms with Crippen LogP contribution in [0.15, 0.2) is 75.8 Å². The molecule has 33 heavy (non-hydrogen) atoms. The summed E-state index contributed by atoms with van der Waals surface area (Å²) in [6.07, 6.45) is 6.27. The van der Waals surface area contributed by atoms with E-state index in [1.807, 2.05) is 24.3 Å². The highest BCUT2D eigenvalue weighted by Gasteiger charge is 2.06. The molecule has 0 amide bonds. The third-order valence-electron chi connectivity index (χ3n) is 4.63. The van der Waals surface area contributed by atoms with Gasteiger partial charge in [0.15, 0.2) is 9.84 Å². The summed E-state index contributed by atoms with van der Waals surface area (Å²) in [5.41, 5.74) is 2.63. The molecule has 2 rings (SSSR count). The Kier molecular flexibility index (Phi) is 10.7. The predicted octanol–water partition coefficient (Wildman–Crippen LogP) is 5.92. The van der Waals surface area contributed by atoms with E-state index in [2.05, 4.69) is 27.0 Å². The fourth-order valence-electron chi connectivity index (χ4n) is 2.74. The highest BCUT2D eigenvalue weighted by molar-refractivity contribution is 7.90. The standard InChI is InChI=1S/C24H31N3O5S/c1-19(2)24(28)32-31-18-8-6-4-5-7-17-25-20-9-11-21(12-10-20)26-27-22-13-15-23(16-14-22)33(3,29)30/h9-16,25H,1,4-8,17-18H2,2-3H3. The molecule has 0 bridgehead atoms. The number of carbonyl (C=O) groups is 1. The van der Waals surface area contributed by atoms with Gasteiger partial charge in [-0.1, -0.05) is 25.8 Å². The zero-order chi connectivity index (χ0) is 24.1. The van der Waals surface area contributed by atoms with Gasteiger partial charge in [0.2, 0.25) is 0 Å². The number of hydrogen-bond donors (Lipinski definition) is 1. The monoisotopic (exact) mass is 473 g/mol. The van der Waals surface area contributed by atoms with E-state index in [0.717, 1.165) is 44.3 Å². The van der Waals surface area contributed by atoms with Crippen molar-refractivity contribution in [1.82, 2.24) is 0 Å². The lowest BCUT2D eigenvalue weighted by Gasteiger charge is -2.07. The van der Waals surface area contributed by atoms with Crippen molar-refractivity contribution >= 4 is 32.9 Å². The van der Waals surface area contributed by atoms with Crippen molar-refractivity contribution in [3.63, 3.8) is 0 Å². The zero-order valence-electron chi connectivity index (χ0n) is 19.1. The first-order valence-electron chi connectivity index (χ1n) is 10.8. The highest BCUT2D eigenvalue weighted by Crippen LogP contribution is 2.21. The average Bonchev–Trinajstić information content (AvgIpc) is 2.79. The first kappa shape index (κ1) is 26.2. The molecule has 0 heterocycles. The summed E-state index contributed by atoms with van der Waals surface area (Å²) in [6, 6.07) is 13.9. The molecular weight excluding hydrogens is 442 g/mol. The SMILES string of the molecule is C=C(C)C(=O)OOCCCCCCCNc1ccc(N=Nc2ccc(S(C)(=O)=O)cc2)cc1. The van der Waals surface area contributed by atoms with Crippen LogP contribution in [0.1, 0.15) is 39.0 Å². The van der Waals surface area contributed by atoms with Crippen LogP contribution in [0, 0.1) is 0 Å². The summed E-state index contributed by atoms with van der Waals surface area (Å²) >= 11 is 0. The Bertz CT molecular complexity index is 1030. The number of rotatable bonds is 14. The van der Waals surface area contributed by atoms with Gasteiger partial charge in [-0.15, -0.1) is 0 Å². The maximum absolute atomic E-state index is 11.5. The summed E-state index contributed by atoms with van der Waals surface area (Å²) < 4.78 is 23.0. The number of carbonyl (C=O) groups excluding carboxylic acids is 1. The van der Waals surface area contributed by atoms with Gasteiger partial charge in [-0.3, -0.25) is 4.89 Å². The fraction of sp³-hybridized carbons (Fsp3) is 0.375. The van der Waals surface area contributed by atoms with Crippen molar-refractivity contribution in [3.05, 3.63) is 60.7 Å². The van der Waals surface area contributed by atoms with E-state index in [4.69, 9.17) is 4.89 Å². The lowest BCUT2D eigenvalue weighted by atomic mass is 10.1. The van der Waals surface area contributed by atoms with Gasteiger partial charge in [0.05, 0.1) is 22.9 Å². The molecule has 0 radical (unpaired) electrons. The van der Waals surface area contributed by atoms with Gasteiger partial charge >= 0.3 is 5.97 Å². The third kappa shape index (κ3) is 10.4. The Balaban J connectivity index is 1.59. The van der Waals surface area contributed by atoms with Gasteiger partial charge in [-0.05, 0) is 68.3 Å². The Morgan fingerprint density at radius 1 is 0.909 bits per heavy atom. The van der Waals surface area contributed by atoms with Gasteiger partial charge in [0, 0.05) is 24.1 Å². The van der Waals surface area contributed by atoms with Crippen LogP contribution in [0.4, 0.5) is 17.1 Å². The lowest BCUT2D eigenvalue weighted by molar-refractivity contribution is -0.268. The summed E-state index contributed by atoms with van der Waals surface area (Å²) in [7, 11) is -3.22. The maximum atomic E-state index is 11.5. The molecule has 2 aromatic rings. The van der Waals surface area contributed by atoms with E-state index in [-0.39, 0.29) is 4.90 Å². The van der Waals surface area contributed by atoms with Crippen LogP contribution in [0.3, 0.4) is 0 Å². The normalized spacial score (nSPS) is 11.5. The number of anilines is 1. The second-order valence-corrected chi connectivity index (χ2v) is 9.70. The second-order valence-electron chi connectivity index (χ2n) is 7.68. The molecule has 9 heteroatoms. The Morgan fingerprint density at radius 3 is 2.03 bits per heavy atom. The van der Waals surface area contributed by atoms with E-state index in [0.29, 0.717) is 23.6 Å². The third-order valence-corrected chi connectivity index (χ3v) is 5.76. The molecule has 0 aliphatic heterocycles. The topological polar surface area (TPSA) is 106 Å². The number of benzene rings is 2. The van der Waals surface area contributed by atoms with Crippen LogP contribution >= 0.6 is 0 Å². The van der Waals surface area contributed by atoms with Crippen LogP contribution in [0.25, 0.3) is 0 Å². The van der Waals surface area contributed by atoms with Crippen molar-refractivity contribution in [3.8, 4) is 0 Å². The number of nitrogens with one attached hydrogen (secondary N) is 1. The summed E-state index contributed by atoms with van der Waals surface area (Å²) in [5.74, 6) is -0.529. The van der Waals surface area contributed by atoms with Crippen LogP contribution in [-0.2, 0) is 24.4 Å². The maximum Gasteiger partial charge on any atom is 0.368 e. The number of hydrogen-bond acceptors (Lipinski definition) is 8.